The number of hydrogen-bond donors (Lipinski definition) is 1. The molecule has 0 unspecified atom stereocenters. The highest BCUT2D eigenvalue weighted by atomic mass is 16.5. The molecule has 0 radical (unpaired) electrons. The Morgan fingerprint density at radius 1 is 1.07 bits per heavy atom. The van der Waals surface area contributed by atoms with Gasteiger partial charge in [0.2, 0.25) is 5.95 Å². The highest BCUT2D eigenvalue weighted by Gasteiger charge is 2.24. The van der Waals surface area contributed by atoms with Crippen LogP contribution < -0.4 is 10.5 Å². The van der Waals surface area contributed by atoms with Crippen LogP contribution in [0, 0.1) is 6.92 Å². The topological polar surface area (TPSA) is 87.3 Å². The van der Waals surface area contributed by atoms with Crippen molar-refractivity contribution in [1.82, 2.24) is 9.97 Å². The summed E-state index contributed by atoms with van der Waals surface area (Å²) in [5.41, 5.74) is 9.29. The lowest BCUT2D eigenvalue weighted by molar-refractivity contribution is 0.0521. The highest BCUT2D eigenvalue weighted by Crippen LogP contribution is 2.36. The molecule has 158 valence electrons. The Balaban J connectivity index is 2.43. The van der Waals surface area contributed by atoms with E-state index in [9.17, 15) is 4.79 Å². The molecule has 0 aliphatic carbocycles. The Kier molecular flexibility index (Phi) is 6.56. The molecule has 0 aliphatic rings. The SMILES string of the molecule is CCOC(=O)c1c(C)nc(N)nc1COc1ccc(C(C)(C)C)cc1C(C)(C)C. The van der Waals surface area contributed by atoms with Crippen molar-refractivity contribution < 1.29 is 14.3 Å². The number of nitrogens with zero attached hydrogens (tertiary/aromatic N) is 2. The van der Waals surface area contributed by atoms with Crippen LogP contribution in [0.2, 0.25) is 0 Å². The van der Waals surface area contributed by atoms with Gasteiger partial charge in [0.15, 0.2) is 0 Å². The van der Waals surface area contributed by atoms with Crippen molar-refractivity contribution in [3.05, 3.63) is 46.3 Å². The molecule has 0 saturated heterocycles. The fraction of sp³-hybridized carbons (Fsp3) is 0.522. The van der Waals surface area contributed by atoms with Crippen LogP contribution in [0.1, 0.15) is 81.3 Å². The van der Waals surface area contributed by atoms with Crippen molar-refractivity contribution in [1.29, 1.82) is 0 Å². The Hall–Kier alpha value is -2.63. The van der Waals surface area contributed by atoms with Crippen LogP contribution in [0.15, 0.2) is 18.2 Å². The average molecular weight is 400 g/mol. The lowest BCUT2D eigenvalue weighted by Gasteiger charge is -2.27. The van der Waals surface area contributed by atoms with Crippen molar-refractivity contribution in [2.75, 3.05) is 12.3 Å². The van der Waals surface area contributed by atoms with Crippen molar-refractivity contribution >= 4 is 11.9 Å². The number of aromatic nitrogens is 2. The largest absolute Gasteiger partial charge is 0.487 e. The molecular formula is C23H33N3O3. The fourth-order valence-corrected chi connectivity index (χ4v) is 3.08. The maximum absolute atomic E-state index is 12.4. The molecule has 6 heteroatoms. The van der Waals surface area contributed by atoms with Gasteiger partial charge in [-0.3, -0.25) is 0 Å². The van der Waals surface area contributed by atoms with E-state index in [-0.39, 0.29) is 30.0 Å². The quantitative estimate of drug-likeness (QED) is 0.732. The molecular weight excluding hydrogens is 366 g/mol. The number of ether oxygens (including phenoxy) is 2. The molecule has 0 bridgehead atoms. The molecule has 0 fully saturated rings. The van der Waals surface area contributed by atoms with Gasteiger partial charge in [0.1, 0.15) is 17.9 Å². The first-order valence-electron chi connectivity index (χ1n) is 9.92. The third kappa shape index (κ3) is 5.46. The third-order valence-corrected chi connectivity index (χ3v) is 4.68. The number of carbonyl (C=O) groups excluding carboxylic acids is 1. The second-order valence-corrected chi connectivity index (χ2v) is 9.21. The Labute approximate surface area is 173 Å². The first-order valence-corrected chi connectivity index (χ1v) is 9.92. The minimum absolute atomic E-state index is 0.0355. The molecule has 2 aromatic rings. The monoisotopic (exact) mass is 399 g/mol. The highest BCUT2D eigenvalue weighted by molar-refractivity contribution is 5.91. The zero-order valence-corrected chi connectivity index (χ0v) is 18.8. The lowest BCUT2D eigenvalue weighted by Crippen LogP contribution is -2.19. The van der Waals surface area contributed by atoms with E-state index in [0.29, 0.717) is 17.0 Å². The van der Waals surface area contributed by atoms with Gasteiger partial charge < -0.3 is 15.2 Å². The predicted octanol–water partition coefficient (Wildman–Crippen LogP) is 4.72. The number of benzene rings is 1. The molecule has 2 N–H and O–H groups in total. The minimum Gasteiger partial charge on any atom is -0.487 e. The van der Waals surface area contributed by atoms with Crippen molar-refractivity contribution in [2.24, 2.45) is 0 Å². The average Bonchev–Trinajstić information content (AvgIpc) is 2.57. The van der Waals surface area contributed by atoms with E-state index in [1.807, 2.05) is 6.07 Å². The van der Waals surface area contributed by atoms with Gasteiger partial charge in [-0.15, -0.1) is 0 Å². The Bertz CT molecular complexity index is 893. The van der Waals surface area contributed by atoms with Crippen molar-refractivity contribution in [3.8, 4) is 5.75 Å². The Morgan fingerprint density at radius 2 is 1.72 bits per heavy atom. The predicted molar refractivity (Wildman–Crippen MR) is 115 cm³/mol. The van der Waals surface area contributed by atoms with Crippen LogP contribution in [0.5, 0.6) is 5.75 Å². The third-order valence-electron chi connectivity index (χ3n) is 4.68. The smallest absolute Gasteiger partial charge is 0.341 e. The number of rotatable bonds is 5. The fourth-order valence-electron chi connectivity index (χ4n) is 3.08. The van der Waals surface area contributed by atoms with Crippen LogP contribution in [-0.4, -0.2) is 22.5 Å². The summed E-state index contributed by atoms with van der Waals surface area (Å²) >= 11 is 0. The zero-order chi connectivity index (χ0) is 22.0. The summed E-state index contributed by atoms with van der Waals surface area (Å²) in [6, 6.07) is 6.26. The van der Waals surface area contributed by atoms with Crippen molar-refractivity contribution in [3.63, 3.8) is 0 Å². The summed E-state index contributed by atoms with van der Waals surface area (Å²) in [6.45, 7) is 16.9. The summed E-state index contributed by atoms with van der Waals surface area (Å²) in [4.78, 5) is 20.7. The van der Waals surface area contributed by atoms with Crippen LogP contribution >= 0.6 is 0 Å². The van der Waals surface area contributed by atoms with Crippen LogP contribution in [0.3, 0.4) is 0 Å². The normalized spacial score (nSPS) is 12.0. The van der Waals surface area contributed by atoms with Gasteiger partial charge in [-0.25, -0.2) is 14.8 Å². The summed E-state index contributed by atoms with van der Waals surface area (Å²) < 4.78 is 11.3. The number of carbonyl (C=O) groups is 1. The Morgan fingerprint density at radius 3 is 2.28 bits per heavy atom. The van der Waals surface area contributed by atoms with Gasteiger partial charge in [-0.2, -0.15) is 0 Å². The van der Waals surface area contributed by atoms with Gasteiger partial charge in [0.05, 0.1) is 18.0 Å². The number of nitrogen functional groups attached to an aromatic ring is 1. The summed E-state index contributed by atoms with van der Waals surface area (Å²) in [7, 11) is 0. The van der Waals surface area contributed by atoms with Gasteiger partial charge in [0.25, 0.3) is 0 Å². The molecule has 1 heterocycles. The van der Waals surface area contributed by atoms with Gasteiger partial charge >= 0.3 is 5.97 Å². The number of esters is 1. The first kappa shape index (κ1) is 22.7. The summed E-state index contributed by atoms with van der Waals surface area (Å²) in [6.07, 6.45) is 0. The van der Waals surface area contributed by atoms with E-state index in [4.69, 9.17) is 15.2 Å². The van der Waals surface area contributed by atoms with E-state index in [1.54, 1.807) is 13.8 Å². The second kappa shape index (κ2) is 8.39. The van der Waals surface area contributed by atoms with E-state index in [0.717, 1.165) is 11.3 Å². The molecule has 29 heavy (non-hydrogen) atoms. The van der Waals surface area contributed by atoms with Gasteiger partial charge in [0, 0.05) is 0 Å². The minimum atomic E-state index is -0.470. The van der Waals surface area contributed by atoms with E-state index >= 15 is 0 Å². The van der Waals surface area contributed by atoms with Crippen LogP contribution in [0.4, 0.5) is 5.95 Å². The molecule has 0 aliphatic heterocycles. The molecule has 0 amide bonds. The standard InChI is InChI=1S/C23H33N3O3/c1-9-28-20(27)19-14(2)25-21(24)26-17(19)13-29-18-11-10-15(22(3,4)5)12-16(18)23(6,7)8/h10-12H,9,13H2,1-8H3,(H2,24,25,26). The number of aryl methyl sites for hydroxylation is 1. The number of hydrogen-bond acceptors (Lipinski definition) is 6. The molecule has 1 aromatic carbocycles. The second-order valence-electron chi connectivity index (χ2n) is 9.21. The van der Waals surface area contributed by atoms with Crippen LogP contribution in [-0.2, 0) is 22.2 Å². The first-order chi connectivity index (χ1) is 13.3. The lowest BCUT2D eigenvalue weighted by atomic mass is 9.80. The summed E-state index contributed by atoms with van der Waals surface area (Å²) in [5.74, 6) is 0.395. The zero-order valence-electron chi connectivity index (χ0n) is 18.8. The number of nitrogens with two attached hydrogens (primary N) is 1. The van der Waals surface area contributed by atoms with Gasteiger partial charge in [-0.1, -0.05) is 53.7 Å². The maximum Gasteiger partial charge on any atom is 0.341 e. The molecule has 2 rings (SSSR count). The van der Waals surface area contributed by atoms with Gasteiger partial charge in [-0.05, 0) is 41.9 Å². The molecule has 0 saturated carbocycles. The summed E-state index contributed by atoms with van der Waals surface area (Å²) in [5, 5.41) is 0. The van der Waals surface area contributed by atoms with E-state index < -0.39 is 5.97 Å². The molecule has 0 atom stereocenters. The maximum atomic E-state index is 12.4. The number of anilines is 1. The molecule has 0 spiro atoms. The van der Waals surface area contributed by atoms with Crippen molar-refractivity contribution in [2.45, 2.75) is 72.8 Å². The van der Waals surface area contributed by atoms with Crippen LogP contribution in [0.25, 0.3) is 0 Å². The molecule has 1 aromatic heterocycles. The van der Waals surface area contributed by atoms with E-state index in [1.165, 1.54) is 5.56 Å². The van der Waals surface area contributed by atoms with E-state index in [2.05, 4.69) is 63.6 Å². The molecule has 6 nitrogen and oxygen atoms in total.